The van der Waals surface area contributed by atoms with E-state index in [1.54, 1.807) is 0 Å². The lowest BCUT2D eigenvalue weighted by molar-refractivity contribution is 0.737. The van der Waals surface area contributed by atoms with Gasteiger partial charge in [-0.25, -0.2) is 4.98 Å². The molecule has 2 aromatic heterocycles. The summed E-state index contributed by atoms with van der Waals surface area (Å²) in [6.45, 7) is 2.01. The van der Waals surface area contributed by atoms with Crippen LogP contribution in [-0.2, 0) is 0 Å². The number of aromatic amines is 1. The second-order valence-electron chi connectivity index (χ2n) is 3.96. The maximum absolute atomic E-state index is 4.35. The smallest absolute Gasteiger partial charge is 0.137 e. The summed E-state index contributed by atoms with van der Waals surface area (Å²) in [6, 6.07) is 4.26. The van der Waals surface area contributed by atoms with Crippen molar-refractivity contribution in [2.75, 3.05) is 13.1 Å². The highest BCUT2D eigenvalue weighted by Crippen LogP contribution is 2.24. The third-order valence-electron chi connectivity index (χ3n) is 2.85. The van der Waals surface area contributed by atoms with Gasteiger partial charge in [0.15, 0.2) is 0 Å². The van der Waals surface area contributed by atoms with Crippen LogP contribution < -0.4 is 5.32 Å². The van der Waals surface area contributed by atoms with Crippen molar-refractivity contribution in [2.45, 2.75) is 6.42 Å². The van der Waals surface area contributed by atoms with Crippen LogP contribution in [0.25, 0.3) is 16.6 Å². The molecular formula is C12H12BrN3. The van der Waals surface area contributed by atoms with Gasteiger partial charge in [-0.15, -0.1) is 0 Å². The Morgan fingerprint density at radius 3 is 3.06 bits per heavy atom. The minimum Gasteiger partial charge on any atom is -0.339 e. The molecule has 82 valence electrons. The predicted octanol–water partition coefficient (Wildman–Crippen LogP) is 2.70. The Labute approximate surface area is 102 Å². The summed E-state index contributed by atoms with van der Waals surface area (Å²) in [5, 5.41) is 4.47. The summed E-state index contributed by atoms with van der Waals surface area (Å²) in [6.07, 6.45) is 5.14. The molecule has 0 fully saturated rings. The average Bonchev–Trinajstić information content (AvgIpc) is 2.73. The van der Waals surface area contributed by atoms with Gasteiger partial charge < -0.3 is 10.3 Å². The summed E-state index contributed by atoms with van der Waals surface area (Å²) in [4.78, 5) is 7.72. The Kier molecular flexibility index (Phi) is 2.53. The van der Waals surface area contributed by atoms with Crippen LogP contribution in [0.3, 0.4) is 0 Å². The molecule has 3 nitrogen and oxygen atoms in total. The Hall–Kier alpha value is -1.13. The lowest BCUT2D eigenvalue weighted by atomic mass is 10.1. The zero-order valence-electron chi connectivity index (χ0n) is 8.76. The molecule has 0 spiro atoms. The van der Waals surface area contributed by atoms with E-state index in [2.05, 4.69) is 49.4 Å². The monoisotopic (exact) mass is 277 g/mol. The van der Waals surface area contributed by atoms with E-state index in [9.17, 15) is 0 Å². The molecule has 3 rings (SSSR count). The van der Waals surface area contributed by atoms with Crippen molar-refractivity contribution in [1.82, 2.24) is 15.3 Å². The maximum Gasteiger partial charge on any atom is 0.137 e. The molecule has 0 unspecified atom stereocenters. The van der Waals surface area contributed by atoms with Gasteiger partial charge in [0.25, 0.3) is 0 Å². The lowest BCUT2D eigenvalue weighted by Gasteiger charge is -2.12. The largest absolute Gasteiger partial charge is 0.339 e. The lowest BCUT2D eigenvalue weighted by Crippen LogP contribution is -2.20. The molecule has 0 aliphatic carbocycles. The molecule has 1 aliphatic heterocycles. The number of aromatic nitrogens is 2. The van der Waals surface area contributed by atoms with Gasteiger partial charge in [0.1, 0.15) is 5.65 Å². The van der Waals surface area contributed by atoms with Crippen LogP contribution in [0.15, 0.2) is 28.9 Å². The molecule has 0 aromatic carbocycles. The van der Waals surface area contributed by atoms with E-state index in [0.29, 0.717) is 0 Å². The first-order chi connectivity index (χ1) is 7.83. The zero-order chi connectivity index (χ0) is 11.0. The van der Waals surface area contributed by atoms with E-state index < -0.39 is 0 Å². The van der Waals surface area contributed by atoms with Crippen LogP contribution in [-0.4, -0.2) is 23.1 Å². The fraction of sp³-hybridized carbons (Fsp3) is 0.250. The molecule has 2 N–H and O–H groups in total. The average molecular weight is 278 g/mol. The van der Waals surface area contributed by atoms with E-state index in [0.717, 1.165) is 35.0 Å². The number of rotatable bonds is 1. The Morgan fingerprint density at radius 1 is 1.31 bits per heavy atom. The van der Waals surface area contributed by atoms with E-state index in [1.807, 2.05) is 6.20 Å². The van der Waals surface area contributed by atoms with E-state index in [-0.39, 0.29) is 0 Å². The van der Waals surface area contributed by atoms with Crippen molar-refractivity contribution < 1.29 is 0 Å². The van der Waals surface area contributed by atoms with Gasteiger partial charge >= 0.3 is 0 Å². The topological polar surface area (TPSA) is 40.7 Å². The number of halogens is 1. The number of pyridine rings is 1. The van der Waals surface area contributed by atoms with Gasteiger partial charge in [-0.1, -0.05) is 6.08 Å². The van der Waals surface area contributed by atoms with Crippen molar-refractivity contribution in [3.8, 4) is 0 Å². The third-order valence-corrected chi connectivity index (χ3v) is 3.28. The standard InChI is InChI=1S/C12H12BrN3/c13-10-5-9-6-11(16-12(9)15-7-10)8-1-3-14-4-2-8/h1,5-7,14H,2-4H2,(H,15,16). The molecule has 3 heterocycles. The van der Waals surface area contributed by atoms with E-state index in [4.69, 9.17) is 0 Å². The summed E-state index contributed by atoms with van der Waals surface area (Å²) in [5.74, 6) is 0. The van der Waals surface area contributed by atoms with Crippen LogP contribution in [0.1, 0.15) is 12.1 Å². The van der Waals surface area contributed by atoms with Gasteiger partial charge in [0, 0.05) is 28.3 Å². The Bertz CT molecular complexity index is 556. The highest BCUT2D eigenvalue weighted by Gasteiger charge is 2.09. The zero-order valence-corrected chi connectivity index (χ0v) is 10.3. The SMILES string of the molecule is Brc1cnc2[nH]c(C3=CCNCC3)cc2c1. The highest BCUT2D eigenvalue weighted by atomic mass is 79.9. The van der Waals surface area contributed by atoms with Gasteiger partial charge in [0.2, 0.25) is 0 Å². The number of fused-ring (bicyclic) bond motifs is 1. The first-order valence-corrected chi connectivity index (χ1v) is 6.16. The molecule has 0 atom stereocenters. The second-order valence-corrected chi connectivity index (χ2v) is 4.87. The van der Waals surface area contributed by atoms with Crippen molar-refractivity contribution >= 4 is 32.5 Å². The minimum absolute atomic E-state index is 0.956. The quantitative estimate of drug-likeness (QED) is 0.842. The van der Waals surface area contributed by atoms with E-state index in [1.165, 1.54) is 11.3 Å². The van der Waals surface area contributed by atoms with Gasteiger partial charge in [-0.3, -0.25) is 0 Å². The molecule has 16 heavy (non-hydrogen) atoms. The normalized spacial score (nSPS) is 16.4. The van der Waals surface area contributed by atoms with Crippen molar-refractivity contribution in [1.29, 1.82) is 0 Å². The summed E-state index contributed by atoms with van der Waals surface area (Å²) in [7, 11) is 0. The van der Waals surface area contributed by atoms with Crippen LogP contribution in [0.2, 0.25) is 0 Å². The number of nitrogens with zero attached hydrogens (tertiary/aromatic N) is 1. The highest BCUT2D eigenvalue weighted by molar-refractivity contribution is 9.10. The third kappa shape index (κ3) is 1.79. The fourth-order valence-electron chi connectivity index (χ4n) is 2.03. The van der Waals surface area contributed by atoms with Crippen LogP contribution in [0, 0.1) is 0 Å². The number of hydrogen-bond acceptors (Lipinski definition) is 2. The van der Waals surface area contributed by atoms with Gasteiger partial charge in [-0.05, 0) is 46.6 Å². The summed E-state index contributed by atoms with van der Waals surface area (Å²) in [5.41, 5.74) is 3.53. The first kappa shape index (κ1) is 10.1. The Balaban J connectivity index is 2.07. The number of hydrogen-bond donors (Lipinski definition) is 2. The second kappa shape index (κ2) is 4.03. The minimum atomic E-state index is 0.956. The van der Waals surface area contributed by atoms with Crippen molar-refractivity contribution in [2.24, 2.45) is 0 Å². The molecule has 0 radical (unpaired) electrons. The van der Waals surface area contributed by atoms with Gasteiger partial charge in [-0.2, -0.15) is 0 Å². The van der Waals surface area contributed by atoms with Crippen LogP contribution in [0.4, 0.5) is 0 Å². The molecular weight excluding hydrogens is 266 g/mol. The predicted molar refractivity (Wildman–Crippen MR) is 69.3 cm³/mol. The van der Waals surface area contributed by atoms with Crippen LogP contribution >= 0.6 is 15.9 Å². The first-order valence-electron chi connectivity index (χ1n) is 5.37. The fourth-order valence-corrected chi connectivity index (χ4v) is 2.38. The number of H-pyrrole nitrogens is 1. The molecule has 4 heteroatoms. The molecule has 0 saturated heterocycles. The molecule has 0 amide bonds. The van der Waals surface area contributed by atoms with Gasteiger partial charge in [0.05, 0.1) is 0 Å². The van der Waals surface area contributed by atoms with Crippen LogP contribution in [0.5, 0.6) is 0 Å². The summed E-state index contributed by atoms with van der Waals surface area (Å²) >= 11 is 3.44. The van der Waals surface area contributed by atoms with Crippen molar-refractivity contribution in [3.63, 3.8) is 0 Å². The molecule has 2 aromatic rings. The van der Waals surface area contributed by atoms with E-state index >= 15 is 0 Å². The maximum atomic E-state index is 4.35. The molecule has 0 bridgehead atoms. The summed E-state index contributed by atoms with van der Waals surface area (Å²) < 4.78 is 1.02. The molecule has 0 saturated carbocycles. The van der Waals surface area contributed by atoms with Crippen molar-refractivity contribution in [3.05, 3.63) is 34.6 Å². The molecule has 1 aliphatic rings. The Morgan fingerprint density at radius 2 is 2.25 bits per heavy atom. The number of nitrogens with one attached hydrogen (secondary N) is 2.